The van der Waals surface area contributed by atoms with Crippen molar-refractivity contribution in [3.8, 4) is 0 Å². The van der Waals surface area contributed by atoms with E-state index in [1.165, 1.54) is 10.9 Å². The van der Waals surface area contributed by atoms with Gasteiger partial charge in [0.2, 0.25) is 12.7 Å². The second kappa shape index (κ2) is 7.96. The van der Waals surface area contributed by atoms with Crippen LogP contribution < -0.4 is 0 Å². The molecule has 2 heterocycles. The summed E-state index contributed by atoms with van der Waals surface area (Å²) < 4.78 is 25.4. The molecule has 24 heavy (non-hydrogen) atoms. The number of aromatic nitrogens is 3. The van der Waals surface area contributed by atoms with Crippen molar-refractivity contribution in [2.24, 2.45) is 5.92 Å². The van der Waals surface area contributed by atoms with Crippen LogP contribution in [0.5, 0.6) is 0 Å². The molecule has 0 amide bonds. The maximum Gasteiger partial charge on any atom is 0.362 e. The average molecular weight is 351 g/mol. The maximum atomic E-state index is 13.9. The molecule has 0 N–H and O–H groups in total. The second-order valence-electron chi connectivity index (χ2n) is 5.39. The predicted molar refractivity (Wildman–Crippen MR) is 89.0 cm³/mol. The van der Waals surface area contributed by atoms with E-state index in [1.807, 2.05) is 19.9 Å². The Morgan fingerprint density at radius 1 is 1.29 bits per heavy atom. The molecule has 128 valence electrons. The number of rotatable bonds is 6. The number of esters is 1. The zero-order valence-electron chi connectivity index (χ0n) is 13.6. The third-order valence-corrected chi connectivity index (χ3v) is 3.93. The van der Waals surface area contributed by atoms with Crippen molar-refractivity contribution in [3.05, 3.63) is 48.1 Å². The van der Waals surface area contributed by atoms with E-state index in [9.17, 15) is 9.18 Å². The third-order valence-electron chi connectivity index (χ3n) is 3.34. The van der Waals surface area contributed by atoms with Crippen molar-refractivity contribution in [1.29, 1.82) is 0 Å². The van der Waals surface area contributed by atoms with E-state index in [-0.39, 0.29) is 24.4 Å². The fourth-order valence-electron chi connectivity index (χ4n) is 1.96. The lowest BCUT2D eigenvalue weighted by Gasteiger charge is -2.15. The lowest BCUT2D eigenvalue weighted by molar-refractivity contribution is 0.00926. The number of nitrogens with zero attached hydrogens (tertiary/aromatic N) is 3. The molecular weight excluding hydrogens is 333 g/mol. The topological polar surface area (TPSA) is 66.2 Å². The fraction of sp³-hybridized carbons (Fsp3) is 0.375. The number of carbonyl (C=O) groups is 1. The standard InChI is InChI=1S/C16H18FN3O3S/c1-10(2)16(24)23-9-22-15(21)13-14(17)19-8-20(13)11(3)12-6-4-5-7-18-12/h4-8,10-11H,9H2,1-3H3/t11-/m1/s1. The summed E-state index contributed by atoms with van der Waals surface area (Å²) in [5.74, 6) is -1.77. The minimum absolute atomic E-state index is 0.0187. The molecule has 6 nitrogen and oxygen atoms in total. The first-order valence-corrected chi connectivity index (χ1v) is 7.79. The fourth-order valence-corrected chi connectivity index (χ4v) is 2.01. The Hall–Kier alpha value is -2.35. The number of carbonyl (C=O) groups excluding carboxylic acids is 1. The molecule has 0 aromatic carbocycles. The SMILES string of the molecule is CC(C)C(=S)OCOC(=O)c1c(F)ncn1[C@H](C)c1ccccn1. The first-order chi connectivity index (χ1) is 11.4. The van der Waals surface area contributed by atoms with Gasteiger partial charge < -0.3 is 14.0 Å². The maximum absolute atomic E-state index is 13.9. The molecule has 0 radical (unpaired) electrons. The quantitative estimate of drug-likeness (QED) is 0.452. The van der Waals surface area contributed by atoms with Crippen molar-refractivity contribution in [2.75, 3.05) is 6.79 Å². The molecule has 2 rings (SSSR count). The number of halogens is 1. The van der Waals surface area contributed by atoms with Gasteiger partial charge in [0, 0.05) is 12.1 Å². The number of imidazole rings is 1. The molecule has 0 aliphatic carbocycles. The molecule has 0 aliphatic rings. The highest BCUT2D eigenvalue weighted by Crippen LogP contribution is 2.20. The van der Waals surface area contributed by atoms with Gasteiger partial charge in [0.25, 0.3) is 0 Å². The zero-order chi connectivity index (χ0) is 17.7. The first kappa shape index (κ1) is 18.0. The molecule has 0 unspecified atom stereocenters. The first-order valence-electron chi connectivity index (χ1n) is 7.38. The van der Waals surface area contributed by atoms with Crippen molar-refractivity contribution < 1.29 is 18.7 Å². The minimum Gasteiger partial charge on any atom is -0.451 e. The van der Waals surface area contributed by atoms with Crippen LogP contribution in [-0.4, -0.2) is 32.3 Å². The van der Waals surface area contributed by atoms with Crippen molar-refractivity contribution >= 4 is 23.2 Å². The van der Waals surface area contributed by atoms with Gasteiger partial charge in [-0.15, -0.1) is 0 Å². The summed E-state index contributed by atoms with van der Waals surface area (Å²) in [5, 5.41) is 0.318. The van der Waals surface area contributed by atoms with E-state index in [2.05, 4.69) is 9.97 Å². The summed E-state index contributed by atoms with van der Waals surface area (Å²) in [6.07, 6.45) is 2.86. The highest BCUT2D eigenvalue weighted by Gasteiger charge is 2.24. The van der Waals surface area contributed by atoms with Crippen LogP contribution in [0.15, 0.2) is 30.7 Å². The molecule has 1 atom stereocenters. The Labute approximate surface area is 144 Å². The van der Waals surface area contributed by atoms with E-state index >= 15 is 0 Å². The largest absolute Gasteiger partial charge is 0.451 e. The summed E-state index contributed by atoms with van der Waals surface area (Å²) in [4.78, 5) is 19.9. The monoisotopic (exact) mass is 351 g/mol. The minimum atomic E-state index is -0.908. The molecule has 2 aromatic rings. The van der Waals surface area contributed by atoms with Gasteiger partial charge in [-0.3, -0.25) is 4.98 Å². The zero-order valence-corrected chi connectivity index (χ0v) is 14.4. The lowest BCUT2D eigenvalue weighted by atomic mass is 10.2. The van der Waals surface area contributed by atoms with E-state index in [4.69, 9.17) is 21.7 Å². The van der Waals surface area contributed by atoms with Gasteiger partial charge in [-0.1, -0.05) is 19.9 Å². The molecule has 8 heteroatoms. The highest BCUT2D eigenvalue weighted by atomic mass is 32.1. The number of pyridine rings is 1. The van der Waals surface area contributed by atoms with Crippen LogP contribution in [0.25, 0.3) is 0 Å². The van der Waals surface area contributed by atoms with Crippen LogP contribution in [0.3, 0.4) is 0 Å². The Bertz CT molecular complexity index is 719. The van der Waals surface area contributed by atoms with Gasteiger partial charge in [-0.05, 0) is 31.3 Å². The van der Waals surface area contributed by atoms with Crippen LogP contribution >= 0.6 is 12.2 Å². The summed E-state index contributed by atoms with van der Waals surface area (Å²) >= 11 is 4.97. The van der Waals surface area contributed by atoms with Crippen molar-refractivity contribution in [3.63, 3.8) is 0 Å². The van der Waals surface area contributed by atoms with E-state index in [1.54, 1.807) is 25.3 Å². The van der Waals surface area contributed by atoms with Crippen LogP contribution in [0.4, 0.5) is 4.39 Å². The Kier molecular flexibility index (Phi) is 5.97. The van der Waals surface area contributed by atoms with Gasteiger partial charge in [-0.2, -0.15) is 4.39 Å². The third kappa shape index (κ3) is 4.14. The number of ether oxygens (including phenoxy) is 2. The van der Waals surface area contributed by atoms with E-state index in [0.29, 0.717) is 10.7 Å². The van der Waals surface area contributed by atoms with E-state index < -0.39 is 11.9 Å². The van der Waals surface area contributed by atoms with Gasteiger partial charge >= 0.3 is 5.97 Å². The van der Waals surface area contributed by atoms with Crippen LogP contribution in [0, 0.1) is 11.9 Å². The average Bonchev–Trinajstić information content (AvgIpc) is 2.96. The van der Waals surface area contributed by atoms with E-state index in [0.717, 1.165) is 0 Å². The highest BCUT2D eigenvalue weighted by molar-refractivity contribution is 7.80. The predicted octanol–water partition coefficient (Wildman–Crippen LogP) is 3.14. The van der Waals surface area contributed by atoms with Gasteiger partial charge in [0.05, 0.1) is 18.1 Å². The van der Waals surface area contributed by atoms with Gasteiger partial charge in [0.1, 0.15) is 0 Å². The smallest absolute Gasteiger partial charge is 0.362 e. The molecular formula is C16H18FN3O3S. The summed E-state index contributed by atoms with van der Waals surface area (Å²) in [5.41, 5.74) is 0.383. The Morgan fingerprint density at radius 2 is 2.04 bits per heavy atom. The van der Waals surface area contributed by atoms with Gasteiger partial charge in [-0.25, -0.2) is 9.78 Å². The second-order valence-corrected chi connectivity index (χ2v) is 5.79. The normalized spacial score (nSPS) is 12.0. The van der Waals surface area contributed by atoms with Crippen LogP contribution in [0.2, 0.25) is 0 Å². The Balaban J connectivity index is 2.12. The molecule has 0 saturated carbocycles. The molecule has 2 aromatic heterocycles. The molecule has 0 bridgehead atoms. The summed E-state index contributed by atoms with van der Waals surface area (Å²) in [7, 11) is 0. The number of hydrogen-bond donors (Lipinski definition) is 0. The summed E-state index contributed by atoms with van der Waals surface area (Å²) in [6, 6.07) is 4.98. The number of hydrogen-bond acceptors (Lipinski definition) is 6. The van der Waals surface area contributed by atoms with Crippen LogP contribution in [0.1, 0.15) is 43.0 Å². The molecule has 0 fully saturated rings. The number of thiocarbonyl (C=S) groups is 1. The van der Waals surface area contributed by atoms with Gasteiger partial charge in [0.15, 0.2) is 10.7 Å². The lowest BCUT2D eigenvalue weighted by Crippen LogP contribution is -2.20. The summed E-state index contributed by atoms with van der Waals surface area (Å²) in [6.45, 7) is 5.12. The molecule has 0 aliphatic heterocycles. The molecule has 0 saturated heterocycles. The molecule has 0 spiro atoms. The van der Waals surface area contributed by atoms with Crippen molar-refractivity contribution in [1.82, 2.24) is 14.5 Å². The van der Waals surface area contributed by atoms with Crippen molar-refractivity contribution in [2.45, 2.75) is 26.8 Å². The van der Waals surface area contributed by atoms with Crippen LogP contribution in [-0.2, 0) is 9.47 Å². The Morgan fingerprint density at radius 3 is 2.67 bits per heavy atom.